The molecule has 0 bridgehead atoms. The predicted octanol–water partition coefficient (Wildman–Crippen LogP) is 8.08. The van der Waals surface area contributed by atoms with E-state index in [1.54, 1.807) is 29.5 Å². The Balaban J connectivity index is 0.000000199. The fourth-order valence-corrected chi connectivity index (χ4v) is 4.50. The fourth-order valence-electron chi connectivity index (χ4n) is 3.39. The summed E-state index contributed by atoms with van der Waals surface area (Å²) in [5.41, 5.74) is 2.41. The first-order valence-corrected chi connectivity index (χ1v) is 10.8. The maximum Gasteiger partial charge on any atom is 0.0830 e. The van der Waals surface area contributed by atoms with Crippen LogP contribution in [-0.2, 0) is 20.1 Å². The molecule has 3 heterocycles. The van der Waals surface area contributed by atoms with Crippen LogP contribution in [0, 0.1) is 25.8 Å². The topological polar surface area (TPSA) is 25.8 Å². The molecule has 3 aromatic heterocycles. The van der Waals surface area contributed by atoms with Crippen molar-refractivity contribution in [2.45, 2.75) is 13.7 Å². The van der Waals surface area contributed by atoms with E-state index in [9.17, 15) is 0 Å². The third kappa shape index (κ3) is 5.15. The predicted molar refractivity (Wildman–Crippen MR) is 139 cm³/mol. The average molecular weight is 645 g/mol. The smallest absolute Gasteiger partial charge is 0.0830 e. The van der Waals surface area contributed by atoms with Gasteiger partial charge in [0.25, 0.3) is 0 Å². The zero-order chi connectivity index (χ0) is 31.1. The third-order valence-corrected chi connectivity index (χ3v) is 6.03. The minimum absolute atomic E-state index is 0. The number of hydrogen-bond acceptors (Lipinski definition) is 3. The van der Waals surface area contributed by atoms with Gasteiger partial charge in [-0.1, -0.05) is 54.7 Å². The van der Waals surface area contributed by atoms with Crippen molar-refractivity contribution in [3.63, 3.8) is 0 Å². The van der Waals surface area contributed by atoms with Crippen LogP contribution >= 0.6 is 11.3 Å². The van der Waals surface area contributed by atoms with Gasteiger partial charge in [-0.2, -0.15) is 11.3 Å². The molecule has 2 nitrogen and oxygen atoms in total. The molecule has 34 heavy (non-hydrogen) atoms. The molecule has 0 aliphatic heterocycles. The molecule has 1 radical (unpaired) electrons. The van der Waals surface area contributed by atoms with Crippen molar-refractivity contribution in [3.8, 4) is 22.5 Å². The Morgan fingerprint density at radius 2 is 1.74 bits per heavy atom. The standard InChI is InChI=1S/C17H10NS.C13H12N.Ir/c1-2-9-15-13(6-1)17-12(7-5-10-16(17)19-15)14-8-3-4-11-18-14;1-10-3-6-12(7-4-10)13-8-5-11(2)9-14-13;/h1-6,8-11H;3-6,8-9H,1-2H3;/q2*-1;/i3D,4D,8D,11D;1D3,2D3;. The minimum atomic E-state index is -2.18. The molecule has 0 fully saturated rings. The van der Waals surface area contributed by atoms with Crippen molar-refractivity contribution in [2.24, 2.45) is 0 Å². The second-order valence-corrected chi connectivity index (χ2v) is 8.14. The maximum absolute atomic E-state index is 8.14. The quantitative estimate of drug-likeness (QED) is 0.178. The molecule has 0 unspecified atom stereocenters. The summed E-state index contributed by atoms with van der Waals surface area (Å²) in [5, 5.41) is 1.99. The number of aromatic nitrogens is 2. The number of thiophene rings is 1. The van der Waals surface area contributed by atoms with Crippen molar-refractivity contribution < 1.29 is 33.8 Å². The normalized spacial score (nSPS) is 15.4. The van der Waals surface area contributed by atoms with Gasteiger partial charge < -0.3 is 9.97 Å². The molecule has 6 rings (SSSR count). The number of benzene rings is 3. The number of fused-ring (bicyclic) bond motifs is 3. The fraction of sp³-hybridized carbons (Fsp3) is 0.0667. The molecule has 4 heteroatoms. The molecule has 0 aliphatic rings. The van der Waals surface area contributed by atoms with Crippen LogP contribution in [-0.4, -0.2) is 9.97 Å². The zero-order valence-corrected chi connectivity index (χ0v) is 20.8. The Labute approximate surface area is 231 Å². The monoisotopic (exact) mass is 645 g/mol. The molecule has 0 spiro atoms. The van der Waals surface area contributed by atoms with Crippen LogP contribution in [0.1, 0.15) is 24.8 Å². The van der Waals surface area contributed by atoms with Gasteiger partial charge >= 0.3 is 0 Å². The van der Waals surface area contributed by atoms with Gasteiger partial charge in [-0.25, -0.2) is 0 Å². The van der Waals surface area contributed by atoms with Crippen LogP contribution in [0.2, 0.25) is 0 Å². The number of pyridine rings is 2. The first kappa shape index (κ1) is 14.3. The summed E-state index contributed by atoms with van der Waals surface area (Å²) in [6.07, 6.45) is 1.01. The van der Waals surface area contributed by atoms with Crippen molar-refractivity contribution >= 4 is 31.5 Å². The van der Waals surface area contributed by atoms with Gasteiger partial charge in [0.2, 0.25) is 0 Å². The van der Waals surface area contributed by atoms with Crippen molar-refractivity contribution in [3.05, 3.63) is 120 Å². The largest absolute Gasteiger partial charge is 0.305 e. The Kier molecular flexibility index (Phi) is 4.55. The number of rotatable bonds is 2. The van der Waals surface area contributed by atoms with Gasteiger partial charge in [0.15, 0.2) is 0 Å². The van der Waals surface area contributed by atoms with E-state index in [2.05, 4.69) is 22.1 Å². The summed E-state index contributed by atoms with van der Waals surface area (Å²) in [7, 11) is 0. The van der Waals surface area contributed by atoms with Gasteiger partial charge in [-0.15, -0.1) is 59.2 Å². The summed E-state index contributed by atoms with van der Waals surface area (Å²) in [4.78, 5) is 8.16. The number of nitrogens with zero attached hydrogens (tertiary/aromatic N) is 2. The first-order valence-electron chi connectivity index (χ1n) is 15.0. The summed E-state index contributed by atoms with van der Waals surface area (Å²) in [5.74, 6) is 0. The first-order chi connectivity index (χ1) is 20.3. The van der Waals surface area contributed by atoms with E-state index in [4.69, 9.17) is 13.7 Å². The van der Waals surface area contributed by atoms with Crippen LogP contribution in [0.15, 0.2) is 97.2 Å². The van der Waals surface area contributed by atoms with E-state index < -0.39 is 13.7 Å². The molecule has 0 atom stereocenters. The number of aryl methyl sites for hydroxylation is 2. The van der Waals surface area contributed by atoms with E-state index in [0.717, 1.165) is 20.2 Å². The Hall–Kier alpha value is -3.17. The third-order valence-electron chi connectivity index (χ3n) is 4.89. The molecule has 0 saturated heterocycles. The second-order valence-electron chi connectivity index (χ2n) is 7.06. The van der Waals surface area contributed by atoms with E-state index >= 15 is 0 Å². The van der Waals surface area contributed by atoms with E-state index in [0.29, 0.717) is 16.8 Å². The van der Waals surface area contributed by atoms with Gasteiger partial charge in [-0.3, -0.25) is 0 Å². The summed E-state index contributed by atoms with van der Waals surface area (Å²) >= 11 is 1.65. The van der Waals surface area contributed by atoms with Gasteiger partial charge in [0.05, 0.1) is 5.48 Å². The van der Waals surface area contributed by atoms with E-state index in [1.165, 1.54) is 24.4 Å². The maximum atomic E-state index is 8.14. The van der Waals surface area contributed by atoms with Crippen molar-refractivity contribution in [2.75, 3.05) is 0 Å². The zero-order valence-electron chi connectivity index (χ0n) is 27.6. The van der Waals surface area contributed by atoms with Crippen molar-refractivity contribution in [1.29, 1.82) is 0 Å². The Morgan fingerprint density at radius 3 is 2.53 bits per heavy atom. The van der Waals surface area contributed by atoms with Crippen LogP contribution in [0.25, 0.3) is 42.7 Å². The van der Waals surface area contributed by atoms with Crippen LogP contribution < -0.4 is 0 Å². The Morgan fingerprint density at radius 1 is 0.853 bits per heavy atom. The Bertz CT molecular complexity index is 1880. The van der Waals surface area contributed by atoms with Crippen LogP contribution in [0.4, 0.5) is 0 Å². The second kappa shape index (κ2) is 10.8. The molecule has 0 N–H and O–H groups in total. The van der Waals surface area contributed by atoms with Gasteiger partial charge in [0, 0.05) is 45.4 Å². The molecule has 3 aromatic carbocycles. The average Bonchev–Trinajstić information content (AvgIpc) is 3.37. The van der Waals surface area contributed by atoms with Gasteiger partial charge in [0.1, 0.15) is 0 Å². The molecule has 169 valence electrons. The van der Waals surface area contributed by atoms with Gasteiger partial charge in [-0.05, 0) is 46.0 Å². The molecule has 6 aromatic rings. The van der Waals surface area contributed by atoms with Crippen LogP contribution in [0.3, 0.4) is 0 Å². The van der Waals surface area contributed by atoms with E-state index in [1.807, 2.05) is 30.3 Å². The molecule has 0 saturated carbocycles. The minimum Gasteiger partial charge on any atom is -0.305 e. The van der Waals surface area contributed by atoms with Crippen LogP contribution in [0.5, 0.6) is 0 Å². The summed E-state index contributed by atoms with van der Waals surface area (Å²) < 4.78 is 77.2. The summed E-state index contributed by atoms with van der Waals surface area (Å²) in [6, 6.07) is 24.6. The molecule has 0 aliphatic carbocycles. The molecule has 0 amide bonds. The molecular formula is C30H22IrN2S-2. The van der Waals surface area contributed by atoms with E-state index in [-0.39, 0.29) is 61.2 Å². The number of hydrogen-bond donors (Lipinski definition) is 0. The van der Waals surface area contributed by atoms with Crippen molar-refractivity contribution in [1.82, 2.24) is 9.97 Å². The summed E-state index contributed by atoms with van der Waals surface area (Å²) in [6.45, 7) is -4.34. The SMILES string of the molecule is [2H]C([2H])([2H])c1c[c-]c(-c2ccc(C([2H])([2H])[2H])cn2)cc1.[2H]c1nc(-c2[c-]ccc3sc4ccccc4c23)c([2H])c([2H])c1[2H].[Ir]. The molecular weight excluding hydrogens is 613 g/mol.